The van der Waals surface area contributed by atoms with Crippen molar-refractivity contribution in [1.82, 2.24) is 5.32 Å². The first-order valence-electron chi connectivity index (χ1n) is 8.03. The average molecular weight is 306 g/mol. The van der Waals surface area contributed by atoms with E-state index in [9.17, 15) is 9.18 Å². The largest absolute Gasteiger partial charge is 0.374 e. The van der Waals surface area contributed by atoms with E-state index in [1.807, 2.05) is 18.0 Å². The zero-order valence-electron chi connectivity index (χ0n) is 12.9. The molecule has 5 heteroatoms. The second kappa shape index (κ2) is 6.65. The fourth-order valence-corrected chi connectivity index (χ4v) is 3.42. The molecule has 1 aromatic rings. The summed E-state index contributed by atoms with van der Waals surface area (Å²) in [4.78, 5) is 14.1. The van der Waals surface area contributed by atoms with Crippen LogP contribution in [-0.4, -0.2) is 38.3 Å². The van der Waals surface area contributed by atoms with Crippen molar-refractivity contribution in [3.8, 4) is 0 Å². The van der Waals surface area contributed by atoms with Crippen molar-refractivity contribution in [3.05, 3.63) is 30.1 Å². The second-order valence-electron chi connectivity index (χ2n) is 6.26. The molecule has 0 spiro atoms. The SMILES string of the molecule is CN(CCCNC(=O)C1CC2CCC1O2)c1cccc(F)c1. The van der Waals surface area contributed by atoms with Crippen molar-refractivity contribution in [1.29, 1.82) is 0 Å². The Morgan fingerprint density at radius 3 is 3.00 bits per heavy atom. The molecule has 1 N–H and O–H groups in total. The molecule has 3 rings (SSSR count). The molecular weight excluding hydrogens is 283 g/mol. The van der Waals surface area contributed by atoms with Gasteiger partial charge >= 0.3 is 0 Å². The van der Waals surface area contributed by atoms with Crippen LogP contribution in [-0.2, 0) is 9.53 Å². The first kappa shape index (κ1) is 15.3. The predicted molar refractivity (Wildman–Crippen MR) is 83.3 cm³/mol. The van der Waals surface area contributed by atoms with Crippen LogP contribution < -0.4 is 10.2 Å². The number of amides is 1. The maximum atomic E-state index is 13.2. The van der Waals surface area contributed by atoms with Gasteiger partial charge in [0, 0.05) is 25.8 Å². The van der Waals surface area contributed by atoms with Crippen LogP contribution in [0.5, 0.6) is 0 Å². The van der Waals surface area contributed by atoms with Gasteiger partial charge in [0.2, 0.25) is 5.91 Å². The maximum Gasteiger partial charge on any atom is 0.225 e. The second-order valence-corrected chi connectivity index (χ2v) is 6.26. The number of ether oxygens (including phenoxy) is 1. The number of carbonyl (C=O) groups is 1. The molecule has 120 valence electrons. The number of hydrogen-bond donors (Lipinski definition) is 1. The molecule has 2 bridgehead atoms. The van der Waals surface area contributed by atoms with Gasteiger partial charge in [0.15, 0.2) is 0 Å². The van der Waals surface area contributed by atoms with Crippen LogP contribution in [0.1, 0.15) is 25.7 Å². The Labute approximate surface area is 130 Å². The summed E-state index contributed by atoms with van der Waals surface area (Å²) < 4.78 is 18.9. The first-order chi connectivity index (χ1) is 10.6. The summed E-state index contributed by atoms with van der Waals surface area (Å²) in [5.74, 6) is -0.0609. The molecule has 0 aliphatic carbocycles. The third-order valence-electron chi connectivity index (χ3n) is 4.66. The minimum Gasteiger partial charge on any atom is -0.374 e. The fraction of sp³-hybridized carbons (Fsp3) is 0.588. The van der Waals surface area contributed by atoms with E-state index in [0.717, 1.165) is 37.9 Å². The Morgan fingerprint density at radius 1 is 1.45 bits per heavy atom. The highest BCUT2D eigenvalue weighted by molar-refractivity contribution is 5.79. The normalized spacial score (nSPS) is 26.2. The minimum absolute atomic E-state index is 0.0414. The van der Waals surface area contributed by atoms with Crippen molar-refractivity contribution in [3.63, 3.8) is 0 Å². The molecule has 1 amide bonds. The lowest BCUT2D eigenvalue weighted by Gasteiger charge is -2.21. The highest BCUT2D eigenvalue weighted by Gasteiger charge is 2.44. The number of hydrogen-bond acceptors (Lipinski definition) is 3. The van der Waals surface area contributed by atoms with E-state index in [4.69, 9.17) is 4.74 Å². The number of nitrogens with zero attached hydrogens (tertiary/aromatic N) is 1. The van der Waals surface area contributed by atoms with Gasteiger partial charge in [-0.2, -0.15) is 0 Å². The van der Waals surface area contributed by atoms with Crippen LogP contribution >= 0.6 is 0 Å². The number of benzene rings is 1. The van der Waals surface area contributed by atoms with Crippen LogP contribution in [0, 0.1) is 11.7 Å². The average Bonchev–Trinajstić information content (AvgIpc) is 3.14. The van der Waals surface area contributed by atoms with E-state index in [1.165, 1.54) is 12.1 Å². The molecule has 2 fully saturated rings. The molecule has 3 atom stereocenters. The molecule has 2 heterocycles. The molecule has 1 aromatic carbocycles. The van der Waals surface area contributed by atoms with Gasteiger partial charge in [0.1, 0.15) is 5.82 Å². The lowest BCUT2D eigenvalue weighted by Crippen LogP contribution is -2.37. The molecule has 0 radical (unpaired) electrons. The maximum absolute atomic E-state index is 13.2. The van der Waals surface area contributed by atoms with Gasteiger partial charge in [-0.15, -0.1) is 0 Å². The molecule has 22 heavy (non-hydrogen) atoms. The van der Waals surface area contributed by atoms with Crippen LogP contribution in [0.15, 0.2) is 24.3 Å². The molecule has 4 nitrogen and oxygen atoms in total. The molecule has 3 unspecified atom stereocenters. The third kappa shape index (κ3) is 3.40. The van der Waals surface area contributed by atoms with Crippen molar-refractivity contribution in [2.24, 2.45) is 5.92 Å². The topological polar surface area (TPSA) is 41.6 Å². The summed E-state index contributed by atoms with van der Waals surface area (Å²) in [6.07, 6.45) is 4.28. The van der Waals surface area contributed by atoms with Gasteiger partial charge in [-0.1, -0.05) is 6.07 Å². The van der Waals surface area contributed by atoms with E-state index < -0.39 is 0 Å². The van der Waals surface area contributed by atoms with E-state index in [0.29, 0.717) is 12.6 Å². The number of nitrogens with one attached hydrogen (secondary N) is 1. The first-order valence-corrected chi connectivity index (χ1v) is 8.03. The lowest BCUT2D eigenvalue weighted by molar-refractivity contribution is -0.126. The van der Waals surface area contributed by atoms with Gasteiger partial charge in [0.25, 0.3) is 0 Å². The minimum atomic E-state index is -0.228. The van der Waals surface area contributed by atoms with Gasteiger partial charge in [0.05, 0.1) is 18.1 Å². The van der Waals surface area contributed by atoms with Crippen LogP contribution in [0.3, 0.4) is 0 Å². The van der Waals surface area contributed by atoms with Gasteiger partial charge < -0.3 is 15.0 Å². The Kier molecular flexibility index (Phi) is 4.62. The summed E-state index contributed by atoms with van der Waals surface area (Å²) in [6.45, 7) is 1.42. The summed E-state index contributed by atoms with van der Waals surface area (Å²) >= 11 is 0. The van der Waals surface area contributed by atoms with Gasteiger partial charge in [-0.05, 0) is 43.9 Å². The van der Waals surface area contributed by atoms with E-state index >= 15 is 0 Å². The number of anilines is 1. The fourth-order valence-electron chi connectivity index (χ4n) is 3.42. The summed E-state index contributed by atoms with van der Waals surface area (Å²) in [5.41, 5.74) is 0.854. The predicted octanol–water partition coefficient (Wildman–Crippen LogP) is 2.34. The highest BCUT2D eigenvalue weighted by atomic mass is 19.1. The standard InChI is InChI=1S/C17H23FN2O2/c1-20(13-5-2-4-12(18)10-13)9-3-8-19-17(21)15-11-14-6-7-16(15)22-14/h2,4-5,10,14-16H,3,6-9,11H2,1H3,(H,19,21). The Morgan fingerprint density at radius 2 is 2.32 bits per heavy atom. The number of fused-ring (bicyclic) bond motifs is 2. The quantitative estimate of drug-likeness (QED) is 0.820. The molecule has 2 aliphatic rings. The van der Waals surface area contributed by atoms with Gasteiger partial charge in [-0.3, -0.25) is 4.79 Å². The summed E-state index contributed by atoms with van der Waals surface area (Å²) in [5, 5.41) is 3.01. The molecular formula is C17H23FN2O2. The molecule has 0 saturated carbocycles. The Hall–Kier alpha value is -1.62. The van der Waals surface area contributed by atoms with Crippen molar-refractivity contribution < 1.29 is 13.9 Å². The summed E-state index contributed by atoms with van der Waals surface area (Å²) in [6, 6.07) is 6.55. The molecule has 2 aliphatic heterocycles. The van der Waals surface area contributed by atoms with Crippen molar-refractivity contribution in [2.75, 3.05) is 25.0 Å². The smallest absolute Gasteiger partial charge is 0.225 e. The van der Waals surface area contributed by atoms with Gasteiger partial charge in [-0.25, -0.2) is 4.39 Å². The number of carbonyl (C=O) groups excluding carboxylic acids is 1. The molecule has 2 saturated heterocycles. The van der Waals surface area contributed by atoms with Crippen molar-refractivity contribution in [2.45, 2.75) is 37.9 Å². The zero-order chi connectivity index (χ0) is 15.5. The third-order valence-corrected chi connectivity index (χ3v) is 4.66. The molecule has 0 aromatic heterocycles. The number of halogens is 1. The monoisotopic (exact) mass is 306 g/mol. The van der Waals surface area contributed by atoms with E-state index in [1.54, 1.807) is 6.07 Å². The zero-order valence-corrected chi connectivity index (χ0v) is 12.9. The lowest BCUT2D eigenvalue weighted by atomic mass is 9.88. The van der Waals surface area contributed by atoms with E-state index in [2.05, 4.69) is 5.32 Å². The highest BCUT2D eigenvalue weighted by Crippen LogP contribution is 2.38. The summed E-state index contributed by atoms with van der Waals surface area (Å²) in [7, 11) is 1.93. The van der Waals surface area contributed by atoms with E-state index in [-0.39, 0.29) is 23.7 Å². The van der Waals surface area contributed by atoms with Crippen LogP contribution in [0.2, 0.25) is 0 Å². The van der Waals surface area contributed by atoms with Crippen molar-refractivity contribution >= 4 is 11.6 Å². The number of rotatable bonds is 6. The van der Waals surface area contributed by atoms with Crippen LogP contribution in [0.25, 0.3) is 0 Å². The van der Waals surface area contributed by atoms with Crippen LogP contribution in [0.4, 0.5) is 10.1 Å². The Bertz CT molecular complexity index is 537. The Balaban J connectivity index is 1.37.